The minimum absolute atomic E-state index is 0. The lowest BCUT2D eigenvalue weighted by Crippen LogP contribution is -2.35. The van der Waals surface area contributed by atoms with Gasteiger partial charge in [-0.1, -0.05) is 24.3 Å². The van der Waals surface area contributed by atoms with Crippen molar-refractivity contribution in [1.29, 1.82) is 0 Å². The number of hydrogen-bond acceptors (Lipinski definition) is 6. The van der Waals surface area contributed by atoms with Gasteiger partial charge in [-0.15, -0.1) is 0 Å². The highest BCUT2D eigenvalue weighted by atomic mass is 16.6. The minimum atomic E-state index is -1.29. The predicted octanol–water partition coefficient (Wildman–Crippen LogP) is 2.83. The third-order valence-corrected chi connectivity index (χ3v) is 5.60. The van der Waals surface area contributed by atoms with Crippen molar-refractivity contribution in [3.63, 3.8) is 0 Å². The second kappa shape index (κ2) is 9.96. The van der Waals surface area contributed by atoms with Gasteiger partial charge < -0.3 is 25.7 Å². The van der Waals surface area contributed by atoms with Crippen molar-refractivity contribution in [3.05, 3.63) is 92.3 Å². The van der Waals surface area contributed by atoms with Gasteiger partial charge in [-0.05, 0) is 43.5 Å². The second-order valence-corrected chi connectivity index (χ2v) is 7.46. The fourth-order valence-electron chi connectivity index (χ4n) is 4.05. The first-order valence-electron chi connectivity index (χ1n) is 9.79. The fraction of sp³-hybridized carbons (Fsp3) is 0.217. The van der Waals surface area contributed by atoms with Crippen molar-refractivity contribution < 1.29 is 35.3 Å². The standard InChI is InChI=1S/C23H22N2O7.H2O/c1-13-19(22(27)28)21(16-4-3-5-17(12-16)25(31)32)20(23(29)30)14(2)24(13)11-10-15-6-8-18(26)9-7-15;/h3-9,12,21,26H,10-11H2,1-2H3,(H,27,28)(H,29,30);1H2. The first kappa shape index (κ1) is 25.1. The molecule has 1 aliphatic heterocycles. The van der Waals surface area contributed by atoms with Gasteiger partial charge in [-0.25, -0.2) is 9.59 Å². The van der Waals surface area contributed by atoms with Crippen LogP contribution in [0.4, 0.5) is 5.69 Å². The molecule has 10 heteroatoms. The maximum Gasteiger partial charge on any atom is 0.334 e. The van der Waals surface area contributed by atoms with E-state index in [1.54, 1.807) is 43.0 Å². The number of rotatable bonds is 7. The number of hydrogen-bond donors (Lipinski definition) is 3. The molecule has 0 radical (unpaired) electrons. The summed E-state index contributed by atoms with van der Waals surface area (Å²) in [5, 5.41) is 40.6. The number of phenolic OH excluding ortho intramolecular Hbond substituents is 1. The maximum atomic E-state index is 12.2. The number of nitro groups is 1. The van der Waals surface area contributed by atoms with E-state index < -0.39 is 22.8 Å². The van der Waals surface area contributed by atoms with Crippen LogP contribution in [-0.2, 0) is 16.0 Å². The summed E-state index contributed by atoms with van der Waals surface area (Å²) in [6.07, 6.45) is 0.482. The summed E-state index contributed by atoms with van der Waals surface area (Å²) < 4.78 is 0. The summed E-state index contributed by atoms with van der Waals surface area (Å²) in [4.78, 5) is 36.7. The maximum absolute atomic E-state index is 12.2. The van der Waals surface area contributed by atoms with Crippen LogP contribution in [0.2, 0.25) is 0 Å². The lowest BCUT2D eigenvalue weighted by molar-refractivity contribution is -0.384. The molecule has 0 aliphatic carbocycles. The summed E-state index contributed by atoms with van der Waals surface area (Å²) in [6.45, 7) is 3.52. The molecule has 0 bridgehead atoms. The van der Waals surface area contributed by atoms with Crippen LogP contribution in [0.25, 0.3) is 0 Å². The van der Waals surface area contributed by atoms with Crippen LogP contribution in [0.15, 0.2) is 71.1 Å². The van der Waals surface area contributed by atoms with Gasteiger partial charge in [0.1, 0.15) is 5.75 Å². The van der Waals surface area contributed by atoms with Crippen molar-refractivity contribution in [1.82, 2.24) is 4.90 Å². The van der Waals surface area contributed by atoms with Gasteiger partial charge in [0.2, 0.25) is 0 Å². The number of phenols is 1. The van der Waals surface area contributed by atoms with Gasteiger partial charge in [0.15, 0.2) is 0 Å². The molecule has 10 nitrogen and oxygen atoms in total. The van der Waals surface area contributed by atoms with Crippen LogP contribution in [0.1, 0.15) is 30.9 Å². The molecule has 0 unspecified atom stereocenters. The molecule has 0 saturated heterocycles. The lowest BCUT2D eigenvalue weighted by Gasteiger charge is -2.37. The van der Waals surface area contributed by atoms with E-state index in [0.717, 1.165) is 5.56 Å². The molecule has 3 rings (SSSR count). The SMILES string of the molecule is CC1=C(C(=O)O)C(c2cccc([N+](=O)[O-])c2)C(C(=O)O)=C(C)N1CCc1ccc(O)cc1.O. The number of aliphatic carboxylic acids is 2. The van der Waals surface area contributed by atoms with Crippen LogP contribution in [0.3, 0.4) is 0 Å². The average Bonchev–Trinajstić information content (AvgIpc) is 2.73. The molecular weight excluding hydrogens is 432 g/mol. The Kier molecular flexibility index (Phi) is 7.57. The molecule has 0 aromatic heterocycles. The van der Waals surface area contributed by atoms with Crippen molar-refractivity contribution in [2.75, 3.05) is 6.54 Å². The number of benzene rings is 2. The van der Waals surface area contributed by atoms with Gasteiger partial charge in [-0.3, -0.25) is 10.1 Å². The molecule has 0 spiro atoms. The molecule has 2 aromatic rings. The van der Waals surface area contributed by atoms with Gasteiger partial charge in [0, 0.05) is 30.1 Å². The Bertz CT molecular complexity index is 1110. The fourth-order valence-corrected chi connectivity index (χ4v) is 4.05. The highest BCUT2D eigenvalue weighted by Crippen LogP contribution is 2.42. The number of non-ortho nitro benzene ring substituents is 1. The topological polar surface area (TPSA) is 173 Å². The smallest absolute Gasteiger partial charge is 0.334 e. The number of nitrogens with zero attached hydrogens (tertiary/aromatic N) is 2. The van der Waals surface area contributed by atoms with E-state index in [1.807, 2.05) is 0 Å². The number of carboxylic acids is 2. The van der Waals surface area contributed by atoms with Crippen LogP contribution in [-0.4, -0.2) is 49.1 Å². The van der Waals surface area contributed by atoms with Gasteiger partial charge in [-0.2, -0.15) is 0 Å². The van der Waals surface area contributed by atoms with Crippen molar-refractivity contribution in [3.8, 4) is 5.75 Å². The second-order valence-electron chi connectivity index (χ2n) is 7.46. The molecule has 33 heavy (non-hydrogen) atoms. The number of nitro benzene ring substituents is 1. The van der Waals surface area contributed by atoms with E-state index in [9.17, 15) is 35.0 Å². The van der Waals surface area contributed by atoms with E-state index in [1.165, 1.54) is 24.3 Å². The van der Waals surface area contributed by atoms with E-state index in [4.69, 9.17) is 0 Å². The molecule has 0 amide bonds. The summed E-state index contributed by atoms with van der Waals surface area (Å²) in [6, 6.07) is 11.9. The van der Waals surface area contributed by atoms with Crippen LogP contribution >= 0.6 is 0 Å². The molecule has 0 atom stereocenters. The van der Waals surface area contributed by atoms with Crippen molar-refractivity contribution in [2.24, 2.45) is 0 Å². The predicted molar refractivity (Wildman–Crippen MR) is 119 cm³/mol. The highest BCUT2D eigenvalue weighted by molar-refractivity contribution is 5.98. The Balaban J connectivity index is 0.00000385. The molecular formula is C23H24N2O8. The number of aromatic hydroxyl groups is 1. The molecule has 0 fully saturated rings. The summed E-state index contributed by atoms with van der Waals surface area (Å²) >= 11 is 0. The van der Waals surface area contributed by atoms with E-state index in [0.29, 0.717) is 24.4 Å². The van der Waals surface area contributed by atoms with Gasteiger partial charge in [0.05, 0.1) is 22.0 Å². The van der Waals surface area contributed by atoms with Crippen LogP contribution < -0.4 is 0 Å². The van der Waals surface area contributed by atoms with Crippen molar-refractivity contribution in [2.45, 2.75) is 26.2 Å². The Hall–Kier alpha value is -4.18. The minimum Gasteiger partial charge on any atom is -0.508 e. The Morgan fingerprint density at radius 1 is 1.00 bits per heavy atom. The van der Waals surface area contributed by atoms with Crippen molar-refractivity contribution >= 4 is 17.6 Å². The lowest BCUT2D eigenvalue weighted by atomic mass is 9.79. The first-order valence-corrected chi connectivity index (χ1v) is 9.79. The Morgan fingerprint density at radius 2 is 1.55 bits per heavy atom. The molecule has 5 N–H and O–H groups in total. The van der Waals surface area contributed by atoms with E-state index >= 15 is 0 Å². The number of allylic oxidation sites excluding steroid dienone is 2. The molecule has 1 aliphatic rings. The van der Waals surface area contributed by atoms with E-state index in [2.05, 4.69) is 0 Å². The molecule has 2 aromatic carbocycles. The highest BCUT2D eigenvalue weighted by Gasteiger charge is 2.39. The third kappa shape index (κ3) is 5.01. The zero-order valence-corrected chi connectivity index (χ0v) is 18.0. The van der Waals surface area contributed by atoms with E-state index in [-0.39, 0.29) is 33.6 Å². The van der Waals surface area contributed by atoms with Crippen LogP contribution in [0.5, 0.6) is 5.75 Å². The molecule has 0 saturated carbocycles. The summed E-state index contributed by atoms with van der Waals surface area (Å²) in [5.41, 5.74) is 1.33. The first-order chi connectivity index (χ1) is 15.1. The number of carboxylic acid groups (broad SMARTS) is 2. The zero-order valence-electron chi connectivity index (χ0n) is 18.0. The largest absolute Gasteiger partial charge is 0.508 e. The van der Waals surface area contributed by atoms with Crippen LogP contribution in [0, 0.1) is 10.1 Å². The number of carbonyl (C=O) groups is 2. The average molecular weight is 456 g/mol. The monoisotopic (exact) mass is 456 g/mol. The summed E-state index contributed by atoms with van der Waals surface area (Å²) in [7, 11) is 0. The molecule has 174 valence electrons. The third-order valence-electron chi connectivity index (χ3n) is 5.60. The quantitative estimate of drug-likeness (QED) is 0.421. The molecule has 1 heterocycles. The Labute approximate surface area is 189 Å². The Morgan fingerprint density at radius 3 is 2.03 bits per heavy atom. The van der Waals surface area contributed by atoms with Gasteiger partial charge in [0.25, 0.3) is 5.69 Å². The summed E-state index contributed by atoms with van der Waals surface area (Å²) in [5.74, 6) is -3.62. The normalized spacial score (nSPS) is 14.2. The van der Waals surface area contributed by atoms with Gasteiger partial charge >= 0.3 is 11.9 Å². The zero-order chi connectivity index (χ0) is 23.6.